The molecule has 0 spiro atoms. The zero-order chi connectivity index (χ0) is 13.1. The third-order valence-electron chi connectivity index (χ3n) is 2.44. The van der Waals surface area contributed by atoms with Crippen LogP contribution in [0.4, 0.5) is 4.39 Å². The van der Waals surface area contributed by atoms with Crippen LogP contribution in [0.3, 0.4) is 0 Å². The van der Waals surface area contributed by atoms with E-state index in [4.69, 9.17) is 0 Å². The summed E-state index contributed by atoms with van der Waals surface area (Å²) in [4.78, 5) is 0. The number of rotatable bonds is 5. The SMILES string of the molecule is CC(CS(C)(=O)=O)N[C@H](C)c1cccc(F)c1. The highest BCUT2D eigenvalue weighted by atomic mass is 32.2. The van der Waals surface area contributed by atoms with Crippen LogP contribution in [0, 0.1) is 5.82 Å². The number of benzene rings is 1. The second-order valence-electron chi connectivity index (χ2n) is 4.44. The highest BCUT2D eigenvalue weighted by Crippen LogP contribution is 2.14. The Bertz CT molecular complexity index is 473. The quantitative estimate of drug-likeness (QED) is 0.878. The Morgan fingerprint density at radius 2 is 2.00 bits per heavy atom. The van der Waals surface area contributed by atoms with Crippen molar-refractivity contribution in [3.05, 3.63) is 35.6 Å². The summed E-state index contributed by atoms with van der Waals surface area (Å²) in [6.07, 6.45) is 1.21. The number of hydrogen-bond donors (Lipinski definition) is 1. The van der Waals surface area contributed by atoms with Gasteiger partial charge in [-0.15, -0.1) is 0 Å². The van der Waals surface area contributed by atoms with Gasteiger partial charge in [-0.2, -0.15) is 0 Å². The van der Waals surface area contributed by atoms with Crippen LogP contribution in [0.5, 0.6) is 0 Å². The fraction of sp³-hybridized carbons (Fsp3) is 0.500. The molecular formula is C12H18FNO2S. The molecule has 0 aliphatic heterocycles. The maximum Gasteiger partial charge on any atom is 0.148 e. The predicted octanol–water partition coefficient (Wildman–Crippen LogP) is 1.91. The largest absolute Gasteiger partial charge is 0.307 e. The van der Waals surface area contributed by atoms with E-state index in [0.29, 0.717) is 0 Å². The van der Waals surface area contributed by atoms with Crippen molar-refractivity contribution in [3.63, 3.8) is 0 Å². The Morgan fingerprint density at radius 3 is 2.53 bits per heavy atom. The molecular weight excluding hydrogens is 241 g/mol. The van der Waals surface area contributed by atoms with Crippen molar-refractivity contribution in [3.8, 4) is 0 Å². The van der Waals surface area contributed by atoms with Gasteiger partial charge >= 0.3 is 0 Å². The Hall–Kier alpha value is -0.940. The van der Waals surface area contributed by atoms with Crippen LogP contribution in [0.25, 0.3) is 0 Å². The van der Waals surface area contributed by atoms with E-state index in [1.54, 1.807) is 13.0 Å². The van der Waals surface area contributed by atoms with Gasteiger partial charge in [0.25, 0.3) is 0 Å². The summed E-state index contributed by atoms with van der Waals surface area (Å²) in [5.41, 5.74) is 0.811. The molecule has 1 unspecified atom stereocenters. The second kappa shape index (κ2) is 5.60. The molecule has 0 fully saturated rings. The van der Waals surface area contributed by atoms with E-state index in [0.717, 1.165) is 5.56 Å². The van der Waals surface area contributed by atoms with E-state index in [1.165, 1.54) is 18.4 Å². The van der Waals surface area contributed by atoms with E-state index in [9.17, 15) is 12.8 Å². The third kappa shape index (κ3) is 5.28. The van der Waals surface area contributed by atoms with Crippen LogP contribution >= 0.6 is 0 Å². The first-order valence-corrected chi connectivity index (χ1v) is 7.53. The summed E-state index contributed by atoms with van der Waals surface area (Å²) >= 11 is 0. The summed E-state index contributed by atoms with van der Waals surface area (Å²) in [6, 6.07) is 6.05. The van der Waals surface area contributed by atoms with E-state index in [2.05, 4.69) is 5.32 Å². The lowest BCUT2D eigenvalue weighted by Gasteiger charge is -2.19. The van der Waals surface area contributed by atoms with Crippen LogP contribution in [0.15, 0.2) is 24.3 Å². The van der Waals surface area contributed by atoms with Crippen molar-refractivity contribution in [1.29, 1.82) is 0 Å². The van der Waals surface area contributed by atoms with Gasteiger partial charge in [-0.05, 0) is 31.5 Å². The number of sulfone groups is 1. The molecule has 0 saturated heterocycles. The molecule has 2 atom stereocenters. The highest BCUT2D eigenvalue weighted by Gasteiger charge is 2.14. The van der Waals surface area contributed by atoms with Crippen LogP contribution in [0.2, 0.25) is 0 Å². The van der Waals surface area contributed by atoms with Gasteiger partial charge < -0.3 is 5.32 Å². The minimum absolute atomic E-state index is 0.0760. The molecule has 17 heavy (non-hydrogen) atoms. The number of halogens is 1. The maximum absolute atomic E-state index is 13.0. The fourth-order valence-corrected chi connectivity index (χ4v) is 2.81. The predicted molar refractivity (Wildman–Crippen MR) is 67.1 cm³/mol. The molecule has 96 valence electrons. The summed E-state index contributed by atoms with van der Waals surface area (Å²) in [6.45, 7) is 3.68. The normalized spacial score (nSPS) is 15.5. The average molecular weight is 259 g/mol. The Balaban J connectivity index is 2.63. The zero-order valence-electron chi connectivity index (χ0n) is 10.3. The summed E-state index contributed by atoms with van der Waals surface area (Å²) < 4.78 is 35.2. The van der Waals surface area contributed by atoms with Gasteiger partial charge in [0.05, 0.1) is 5.75 Å². The lowest BCUT2D eigenvalue weighted by molar-refractivity contribution is 0.498. The van der Waals surface area contributed by atoms with Crippen molar-refractivity contribution in [1.82, 2.24) is 5.32 Å². The molecule has 0 heterocycles. The van der Waals surface area contributed by atoms with E-state index >= 15 is 0 Å². The molecule has 1 aromatic carbocycles. The molecule has 0 bridgehead atoms. The summed E-state index contributed by atoms with van der Waals surface area (Å²) in [5, 5.41) is 3.13. The van der Waals surface area contributed by atoms with Crippen molar-refractivity contribution < 1.29 is 12.8 Å². The standard InChI is InChI=1S/C12H18FNO2S/c1-9(8-17(3,15)16)14-10(2)11-5-4-6-12(13)7-11/h4-7,9-10,14H,8H2,1-3H3/t9?,10-/m1/s1. The van der Waals surface area contributed by atoms with Gasteiger partial charge in [-0.25, -0.2) is 12.8 Å². The van der Waals surface area contributed by atoms with E-state index in [-0.39, 0.29) is 23.7 Å². The molecule has 1 N–H and O–H groups in total. The van der Waals surface area contributed by atoms with E-state index in [1.807, 2.05) is 13.0 Å². The smallest absolute Gasteiger partial charge is 0.148 e. The average Bonchev–Trinajstić information content (AvgIpc) is 2.14. The lowest BCUT2D eigenvalue weighted by Crippen LogP contribution is -2.34. The first kappa shape index (κ1) is 14.1. The van der Waals surface area contributed by atoms with Crippen molar-refractivity contribution in [2.75, 3.05) is 12.0 Å². The number of hydrogen-bond acceptors (Lipinski definition) is 3. The van der Waals surface area contributed by atoms with E-state index < -0.39 is 9.84 Å². The van der Waals surface area contributed by atoms with Gasteiger partial charge in [0, 0.05) is 18.3 Å². The lowest BCUT2D eigenvalue weighted by atomic mass is 10.1. The number of nitrogens with one attached hydrogen (secondary N) is 1. The molecule has 3 nitrogen and oxygen atoms in total. The first-order valence-electron chi connectivity index (χ1n) is 5.47. The first-order chi connectivity index (χ1) is 7.78. The Labute approximate surface area is 102 Å². The minimum atomic E-state index is -3.00. The molecule has 0 saturated carbocycles. The van der Waals surface area contributed by atoms with Crippen molar-refractivity contribution >= 4 is 9.84 Å². The molecule has 5 heteroatoms. The molecule has 0 aliphatic rings. The molecule has 1 rings (SSSR count). The fourth-order valence-electron chi connectivity index (χ4n) is 1.80. The minimum Gasteiger partial charge on any atom is -0.307 e. The van der Waals surface area contributed by atoms with Crippen LogP contribution < -0.4 is 5.32 Å². The van der Waals surface area contributed by atoms with Crippen LogP contribution in [0.1, 0.15) is 25.5 Å². The monoisotopic (exact) mass is 259 g/mol. The van der Waals surface area contributed by atoms with Crippen LogP contribution in [-0.4, -0.2) is 26.5 Å². The third-order valence-corrected chi connectivity index (χ3v) is 3.54. The van der Waals surface area contributed by atoms with Crippen molar-refractivity contribution in [2.24, 2.45) is 0 Å². The van der Waals surface area contributed by atoms with Gasteiger partial charge in [-0.1, -0.05) is 12.1 Å². The van der Waals surface area contributed by atoms with Gasteiger partial charge in [0.2, 0.25) is 0 Å². The molecule has 0 aromatic heterocycles. The van der Waals surface area contributed by atoms with Gasteiger partial charge in [-0.3, -0.25) is 0 Å². The maximum atomic E-state index is 13.0. The highest BCUT2D eigenvalue weighted by molar-refractivity contribution is 7.90. The molecule has 0 radical (unpaired) electrons. The van der Waals surface area contributed by atoms with Gasteiger partial charge in [0.1, 0.15) is 15.7 Å². The van der Waals surface area contributed by atoms with Crippen molar-refractivity contribution in [2.45, 2.75) is 25.9 Å². The topological polar surface area (TPSA) is 46.2 Å². The zero-order valence-corrected chi connectivity index (χ0v) is 11.1. The Kier molecular flexibility index (Phi) is 4.65. The van der Waals surface area contributed by atoms with Crippen LogP contribution in [-0.2, 0) is 9.84 Å². The molecule has 0 amide bonds. The Morgan fingerprint density at radius 1 is 1.35 bits per heavy atom. The second-order valence-corrected chi connectivity index (χ2v) is 6.62. The molecule has 1 aromatic rings. The molecule has 0 aliphatic carbocycles. The summed E-state index contributed by atoms with van der Waals surface area (Å²) in [7, 11) is -3.00. The summed E-state index contributed by atoms with van der Waals surface area (Å²) in [5.74, 6) is -0.209. The van der Waals surface area contributed by atoms with Gasteiger partial charge in [0.15, 0.2) is 0 Å².